The van der Waals surface area contributed by atoms with Crippen molar-refractivity contribution in [1.82, 2.24) is 10.6 Å². The Hall–Kier alpha value is -2.89. The Morgan fingerprint density at radius 1 is 1.15 bits per heavy atom. The number of aliphatic imine (C=N–C) groups is 1. The summed E-state index contributed by atoms with van der Waals surface area (Å²) in [6, 6.07) is 16.9. The highest BCUT2D eigenvalue weighted by atomic mass is 16.7. The van der Waals surface area contributed by atoms with Gasteiger partial charge in [0.1, 0.15) is 0 Å². The lowest BCUT2D eigenvalue weighted by atomic mass is 10.2. The third kappa shape index (κ3) is 4.27. The van der Waals surface area contributed by atoms with Crippen molar-refractivity contribution < 1.29 is 9.47 Å². The minimum absolute atomic E-state index is 0.297. The van der Waals surface area contributed by atoms with E-state index in [1.165, 1.54) is 5.69 Å². The quantitative estimate of drug-likeness (QED) is 0.629. The highest BCUT2D eigenvalue weighted by molar-refractivity contribution is 5.80. The minimum atomic E-state index is 0.297. The molecule has 0 bridgehead atoms. The van der Waals surface area contributed by atoms with E-state index in [4.69, 9.17) is 14.5 Å². The van der Waals surface area contributed by atoms with Crippen LogP contribution in [0.4, 0.5) is 5.69 Å². The molecule has 0 aliphatic carbocycles. The van der Waals surface area contributed by atoms with Crippen LogP contribution >= 0.6 is 0 Å². The van der Waals surface area contributed by atoms with Crippen LogP contribution in [0.3, 0.4) is 0 Å². The van der Waals surface area contributed by atoms with Crippen LogP contribution in [0.2, 0.25) is 0 Å². The highest BCUT2D eigenvalue weighted by Crippen LogP contribution is 2.32. The summed E-state index contributed by atoms with van der Waals surface area (Å²) < 4.78 is 10.8. The van der Waals surface area contributed by atoms with Gasteiger partial charge in [0.25, 0.3) is 0 Å². The van der Waals surface area contributed by atoms with Gasteiger partial charge in [-0.05, 0) is 43.2 Å². The molecule has 0 spiro atoms. The first kappa shape index (κ1) is 17.5. The first-order valence-corrected chi connectivity index (χ1v) is 9.55. The molecule has 1 saturated heterocycles. The van der Waals surface area contributed by atoms with E-state index in [2.05, 4.69) is 52.8 Å². The number of anilines is 1. The van der Waals surface area contributed by atoms with Crippen molar-refractivity contribution in [3.63, 3.8) is 0 Å². The molecule has 1 fully saturated rings. The molecule has 2 aliphatic heterocycles. The monoisotopic (exact) mass is 366 g/mol. The molecule has 2 aliphatic rings. The molecule has 0 saturated carbocycles. The van der Waals surface area contributed by atoms with Gasteiger partial charge in [0.05, 0.1) is 6.54 Å². The van der Waals surface area contributed by atoms with Gasteiger partial charge in [0.15, 0.2) is 17.5 Å². The Morgan fingerprint density at radius 3 is 2.85 bits per heavy atom. The summed E-state index contributed by atoms with van der Waals surface area (Å²) in [4.78, 5) is 7.17. The van der Waals surface area contributed by atoms with Gasteiger partial charge in [0, 0.05) is 31.4 Å². The zero-order valence-corrected chi connectivity index (χ0v) is 15.6. The molecule has 2 heterocycles. The average Bonchev–Trinajstić information content (AvgIpc) is 3.36. The zero-order valence-electron chi connectivity index (χ0n) is 15.6. The van der Waals surface area contributed by atoms with E-state index in [1.54, 1.807) is 0 Å². The van der Waals surface area contributed by atoms with E-state index in [0.29, 0.717) is 19.4 Å². The van der Waals surface area contributed by atoms with Gasteiger partial charge in [-0.15, -0.1) is 0 Å². The molecule has 6 heteroatoms. The van der Waals surface area contributed by atoms with Gasteiger partial charge in [-0.3, -0.25) is 0 Å². The molecule has 142 valence electrons. The van der Waals surface area contributed by atoms with Crippen molar-refractivity contribution in [1.29, 1.82) is 0 Å². The molecule has 1 unspecified atom stereocenters. The largest absolute Gasteiger partial charge is 0.454 e. The smallest absolute Gasteiger partial charge is 0.231 e. The topological polar surface area (TPSA) is 58.1 Å². The lowest BCUT2D eigenvalue weighted by Gasteiger charge is -2.20. The third-order valence-corrected chi connectivity index (χ3v) is 4.85. The van der Waals surface area contributed by atoms with Crippen LogP contribution in [0.15, 0.2) is 53.5 Å². The number of benzene rings is 2. The maximum Gasteiger partial charge on any atom is 0.231 e. The molecule has 4 rings (SSSR count). The number of hydrogen-bond acceptors (Lipinski definition) is 4. The summed E-state index contributed by atoms with van der Waals surface area (Å²) in [6.07, 6.45) is 1.10. The molecule has 0 aromatic heterocycles. The number of ether oxygens (including phenoxy) is 2. The Bertz CT molecular complexity index is 794. The van der Waals surface area contributed by atoms with Crippen LogP contribution in [0.1, 0.15) is 18.9 Å². The predicted octanol–water partition coefficient (Wildman–Crippen LogP) is 2.75. The second-order valence-electron chi connectivity index (χ2n) is 6.79. The first-order chi connectivity index (χ1) is 13.3. The Labute approximate surface area is 160 Å². The second kappa shape index (κ2) is 8.20. The fourth-order valence-electron chi connectivity index (χ4n) is 3.47. The summed E-state index contributed by atoms with van der Waals surface area (Å²) >= 11 is 0. The maximum atomic E-state index is 5.45. The number of hydrogen-bond donors (Lipinski definition) is 2. The van der Waals surface area contributed by atoms with Gasteiger partial charge in [-0.2, -0.15) is 0 Å². The lowest BCUT2D eigenvalue weighted by molar-refractivity contribution is 0.174. The van der Waals surface area contributed by atoms with Crippen LogP contribution in [-0.4, -0.2) is 38.4 Å². The van der Waals surface area contributed by atoms with Crippen LogP contribution in [0.5, 0.6) is 11.5 Å². The van der Waals surface area contributed by atoms with Crippen LogP contribution in [0, 0.1) is 0 Å². The van der Waals surface area contributed by atoms with Crippen molar-refractivity contribution in [3.05, 3.63) is 54.1 Å². The first-order valence-electron chi connectivity index (χ1n) is 9.55. The highest BCUT2D eigenvalue weighted by Gasteiger charge is 2.23. The van der Waals surface area contributed by atoms with E-state index >= 15 is 0 Å². The summed E-state index contributed by atoms with van der Waals surface area (Å²) in [5.74, 6) is 2.46. The Balaban J connectivity index is 1.37. The minimum Gasteiger partial charge on any atom is -0.454 e. The van der Waals surface area contributed by atoms with Gasteiger partial charge in [-0.1, -0.05) is 24.3 Å². The summed E-state index contributed by atoms with van der Waals surface area (Å²) in [6.45, 7) is 5.86. The van der Waals surface area contributed by atoms with Crippen molar-refractivity contribution >= 4 is 11.6 Å². The molecule has 27 heavy (non-hydrogen) atoms. The van der Waals surface area contributed by atoms with Crippen LogP contribution < -0.4 is 25.0 Å². The molecule has 1 atom stereocenters. The number of guanidine groups is 1. The Morgan fingerprint density at radius 2 is 2.00 bits per heavy atom. The fourth-order valence-corrected chi connectivity index (χ4v) is 3.47. The van der Waals surface area contributed by atoms with Crippen molar-refractivity contribution in [2.75, 3.05) is 31.3 Å². The third-order valence-electron chi connectivity index (χ3n) is 4.85. The van der Waals surface area contributed by atoms with E-state index in [-0.39, 0.29) is 0 Å². The van der Waals surface area contributed by atoms with Crippen molar-refractivity contribution in [2.24, 2.45) is 4.99 Å². The summed E-state index contributed by atoms with van der Waals surface area (Å²) in [5.41, 5.74) is 2.39. The molecule has 2 aromatic carbocycles. The lowest BCUT2D eigenvalue weighted by Crippen LogP contribution is -2.44. The standard InChI is InChI=1S/C21H26N4O2/c1-2-22-21(23-13-16-8-9-19-20(12-16)27-15-26-19)24-17-10-11-25(14-17)18-6-4-3-5-7-18/h3-9,12,17H,2,10-11,13-15H2,1H3,(H2,22,23,24). The summed E-state index contributed by atoms with van der Waals surface area (Å²) in [5, 5.41) is 6.93. The van der Waals surface area contributed by atoms with E-state index < -0.39 is 0 Å². The van der Waals surface area contributed by atoms with E-state index in [1.807, 2.05) is 18.2 Å². The molecule has 0 amide bonds. The van der Waals surface area contributed by atoms with Gasteiger partial charge >= 0.3 is 0 Å². The molecule has 2 aromatic rings. The summed E-state index contributed by atoms with van der Waals surface area (Å²) in [7, 11) is 0. The number of nitrogens with zero attached hydrogens (tertiary/aromatic N) is 2. The zero-order chi connectivity index (χ0) is 18.5. The van der Waals surface area contributed by atoms with Crippen molar-refractivity contribution in [3.8, 4) is 11.5 Å². The molecular weight excluding hydrogens is 340 g/mol. The van der Waals surface area contributed by atoms with Crippen molar-refractivity contribution in [2.45, 2.75) is 25.9 Å². The average molecular weight is 366 g/mol. The maximum absolute atomic E-state index is 5.45. The predicted molar refractivity (Wildman–Crippen MR) is 108 cm³/mol. The van der Waals surface area contributed by atoms with E-state index in [0.717, 1.165) is 49.1 Å². The molecular formula is C21H26N4O2. The number of rotatable bonds is 5. The SMILES string of the molecule is CCNC(=NCc1ccc2c(c1)OCO2)NC1CCN(c2ccccc2)C1. The van der Waals surface area contributed by atoms with Gasteiger partial charge < -0.3 is 25.0 Å². The van der Waals surface area contributed by atoms with Crippen LogP contribution in [-0.2, 0) is 6.54 Å². The number of para-hydroxylation sites is 1. The van der Waals surface area contributed by atoms with Gasteiger partial charge in [-0.25, -0.2) is 4.99 Å². The fraction of sp³-hybridized carbons (Fsp3) is 0.381. The van der Waals surface area contributed by atoms with E-state index in [9.17, 15) is 0 Å². The second-order valence-corrected chi connectivity index (χ2v) is 6.79. The Kier molecular flexibility index (Phi) is 5.32. The van der Waals surface area contributed by atoms with Crippen LogP contribution in [0.25, 0.3) is 0 Å². The normalized spacial score (nSPS) is 18.6. The molecule has 0 radical (unpaired) electrons. The number of fused-ring (bicyclic) bond motifs is 1. The van der Waals surface area contributed by atoms with Gasteiger partial charge in [0.2, 0.25) is 6.79 Å². The number of nitrogens with one attached hydrogen (secondary N) is 2. The molecule has 6 nitrogen and oxygen atoms in total. The molecule has 2 N–H and O–H groups in total.